The van der Waals surface area contributed by atoms with E-state index in [1.54, 1.807) is 0 Å². The molecule has 0 radical (unpaired) electrons. The molecule has 0 spiro atoms. The largest absolute Gasteiger partial charge is 0.373 e. The van der Waals surface area contributed by atoms with Crippen molar-refractivity contribution >= 4 is 17.4 Å². The quantitative estimate of drug-likeness (QED) is 0.904. The third-order valence-corrected chi connectivity index (χ3v) is 3.87. The third kappa shape index (κ3) is 3.13. The molecule has 100 valence electrons. The van der Waals surface area contributed by atoms with E-state index >= 15 is 0 Å². The van der Waals surface area contributed by atoms with Gasteiger partial charge in [0.05, 0.1) is 10.7 Å². The predicted octanol–water partition coefficient (Wildman–Crippen LogP) is 1.91. The van der Waals surface area contributed by atoms with Gasteiger partial charge in [-0.15, -0.1) is 0 Å². The number of hydrogen-bond acceptors (Lipinski definition) is 4. The summed E-state index contributed by atoms with van der Waals surface area (Å²) in [5, 5.41) is 3.80. The van der Waals surface area contributed by atoms with Crippen molar-refractivity contribution in [3.63, 3.8) is 0 Å². The van der Waals surface area contributed by atoms with Crippen molar-refractivity contribution < 1.29 is 0 Å². The maximum atomic E-state index is 6.20. The van der Waals surface area contributed by atoms with Gasteiger partial charge >= 0.3 is 0 Å². The second-order valence-corrected chi connectivity index (χ2v) is 5.42. The second-order valence-electron chi connectivity index (χ2n) is 5.02. The van der Waals surface area contributed by atoms with Crippen molar-refractivity contribution in [3.05, 3.63) is 22.8 Å². The summed E-state index contributed by atoms with van der Waals surface area (Å²) in [5.41, 5.74) is 0.961. The van der Waals surface area contributed by atoms with Gasteiger partial charge in [-0.2, -0.15) is 0 Å². The first-order valence-electron chi connectivity index (χ1n) is 6.32. The smallest absolute Gasteiger partial charge is 0.126 e. The number of nitrogens with one attached hydrogen (secondary N) is 1. The summed E-state index contributed by atoms with van der Waals surface area (Å²) >= 11 is 6.20. The molecule has 5 heteroatoms. The molecule has 1 aromatic rings. The van der Waals surface area contributed by atoms with Crippen molar-refractivity contribution in [1.82, 2.24) is 14.8 Å². The molecule has 1 aliphatic heterocycles. The topological polar surface area (TPSA) is 31.4 Å². The van der Waals surface area contributed by atoms with Crippen LogP contribution >= 0.6 is 11.6 Å². The second kappa shape index (κ2) is 5.87. The zero-order valence-electron chi connectivity index (χ0n) is 11.3. The first-order valence-corrected chi connectivity index (χ1v) is 6.70. The molecule has 1 fully saturated rings. The molecule has 0 amide bonds. The van der Waals surface area contributed by atoms with Gasteiger partial charge in [0.2, 0.25) is 0 Å². The van der Waals surface area contributed by atoms with E-state index in [-0.39, 0.29) is 0 Å². The Hall–Kier alpha value is -0.840. The van der Waals surface area contributed by atoms with Gasteiger partial charge in [-0.1, -0.05) is 11.6 Å². The lowest BCUT2D eigenvalue weighted by atomic mass is 10.2. The molecule has 1 aromatic heterocycles. The summed E-state index contributed by atoms with van der Waals surface area (Å²) in [6.45, 7) is 3.04. The first-order chi connectivity index (χ1) is 8.60. The van der Waals surface area contributed by atoms with Crippen molar-refractivity contribution in [2.75, 3.05) is 39.5 Å². The Bertz CT molecular complexity index is 408. The van der Waals surface area contributed by atoms with Crippen LogP contribution < -0.4 is 5.32 Å². The zero-order valence-corrected chi connectivity index (χ0v) is 12.0. The van der Waals surface area contributed by atoms with E-state index in [2.05, 4.69) is 34.2 Å². The highest BCUT2D eigenvalue weighted by Crippen LogP contribution is 2.21. The van der Waals surface area contributed by atoms with Gasteiger partial charge in [0.1, 0.15) is 5.82 Å². The van der Waals surface area contributed by atoms with Gasteiger partial charge in [-0.25, -0.2) is 4.98 Å². The number of rotatable bonds is 4. The molecular formula is C13H21ClN4. The van der Waals surface area contributed by atoms with Crippen LogP contribution in [0, 0.1) is 0 Å². The molecule has 0 aliphatic carbocycles. The van der Waals surface area contributed by atoms with Gasteiger partial charge < -0.3 is 10.2 Å². The van der Waals surface area contributed by atoms with Crippen LogP contribution in [0.2, 0.25) is 5.02 Å². The average Bonchev–Trinajstić information content (AvgIpc) is 2.81. The van der Waals surface area contributed by atoms with E-state index in [0.29, 0.717) is 6.04 Å². The van der Waals surface area contributed by atoms with Gasteiger partial charge in [-0.3, -0.25) is 4.90 Å². The van der Waals surface area contributed by atoms with Gasteiger partial charge in [0, 0.05) is 32.7 Å². The molecule has 1 unspecified atom stereocenters. The van der Waals surface area contributed by atoms with Gasteiger partial charge in [0.25, 0.3) is 0 Å². The molecule has 2 rings (SSSR count). The number of likely N-dealkylation sites (N-methyl/N-ethyl adjacent to an activating group) is 1. The van der Waals surface area contributed by atoms with Crippen LogP contribution in [0.4, 0.5) is 5.82 Å². The SMILES string of the molecule is CNc1ccc(Cl)c(CN2CCC(N(C)C)C2)n1. The summed E-state index contributed by atoms with van der Waals surface area (Å²) in [6, 6.07) is 4.46. The molecule has 1 aliphatic rings. The first kappa shape index (κ1) is 13.6. The predicted molar refractivity (Wildman–Crippen MR) is 76.2 cm³/mol. The summed E-state index contributed by atoms with van der Waals surface area (Å²) in [4.78, 5) is 9.23. The third-order valence-electron chi connectivity index (χ3n) is 3.53. The van der Waals surface area contributed by atoms with Crippen LogP contribution in [-0.2, 0) is 6.54 Å². The summed E-state index contributed by atoms with van der Waals surface area (Å²) in [7, 11) is 6.15. The normalized spacial score (nSPS) is 20.6. The standard InChI is InChI=1S/C13H21ClN4/c1-15-13-5-4-11(14)12(16-13)9-18-7-6-10(8-18)17(2)3/h4-5,10H,6-9H2,1-3H3,(H,15,16). The monoisotopic (exact) mass is 268 g/mol. The zero-order chi connectivity index (χ0) is 13.1. The van der Waals surface area contributed by atoms with E-state index in [0.717, 1.165) is 36.2 Å². The summed E-state index contributed by atoms with van der Waals surface area (Å²) in [5.74, 6) is 0.873. The molecule has 1 N–H and O–H groups in total. The fourth-order valence-corrected chi connectivity index (χ4v) is 2.49. The highest BCUT2D eigenvalue weighted by molar-refractivity contribution is 6.31. The lowest BCUT2D eigenvalue weighted by Crippen LogP contribution is -2.31. The van der Waals surface area contributed by atoms with E-state index < -0.39 is 0 Å². The highest BCUT2D eigenvalue weighted by Gasteiger charge is 2.24. The molecule has 1 atom stereocenters. The molecule has 1 saturated heterocycles. The number of likely N-dealkylation sites (tertiary alicyclic amines) is 1. The van der Waals surface area contributed by atoms with E-state index in [1.165, 1.54) is 6.42 Å². The molecule has 0 aromatic carbocycles. The summed E-state index contributed by atoms with van der Waals surface area (Å²) < 4.78 is 0. The van der Waals surface area contributed by atoms with E-state index in [4.69, 9.17) is 11.6 Å². The lowest BCUT2D eigenvalue weighted by Gasteiger charge is -2.20. The Balaban J connectivity index is 2.02. The fourth-order valence-electron chi connectivity index (χ4n) is 2.32. The van der Waals surface area contributed by atoms with Crippen LogP contribution in [0.3, 0.4) is 0 Å². The Morgan fingerprint density at radius 2 is 2.28 bits per heavy atom. The maximum Gasteiger partial charge on any atom is 0.126 e. The lowest BCUT2D eigenvalue weighted by molar-refractivity contribution is 0.263. The molecule has 0 saturated carbocycles. The Labute approximate surface area is 114 Å². The van der Waals surface area contributed by atoms with E-state index in [9.17, 15) is 0 Å². The number of pyridine rings is 1. The number of halogens is 1. The molecule has 18 heavy (non-hydrogen) atoms. The Morgan fingerprint density at radius 1 is 1.50 bits per heavy atom. The van der Waals surface area contributed by atoms with Crippen LogP contribution in [0.15, 0.2) is 12.1 Å². The van der Waals surface area contributed by atoms with E-state index in [1.807, 2.05) is 19.2 Å². The van der Waals surface area contributed by atoms with Crippen molar-refractivity contribution in [1.29, 1.82) is 0 Å². The molecule has 0 bridgehead atoms. The maximum absolute atomic E-state index is 6.20. The van der Waals surface area contributed by atoms with Crippen LogP contribution in [0.5, 0.6) is 0 Å². The van der Waals surface area contributed by atoms with Crippen LogP contribution in [0.1, 0.15) is 12.1 Å². The number of hydrogen-bond donors (Lipinski definition) is 1. The van der Waals surface area contributed by atoms with Gasteiger partial charge in [0.15, 0.2) is 0 Å². The van der Waals surface area contributed by atoms with Crippen LogP contribution in [-0.4, -0.2) is 55.1 Å². The van der Waals surface area contributed by atoms with Crippen molar-refractivity contribution in [3.8, 4) is 0 Å². The Kier molecular flexibility index (Phi) is 4.43. The Morgan fingerprint density at radius 3 is 2.89 bits per heavy atom. The minimum atomic E-state index is 0.649. The van der Waals surface area contributed by atoms with Crippen molar-refractivity contribution in [2.45, 2.75) is 19.0 Å². The number of anilines is 1. The minimum Gasteiger partial charge on any atom is -0.373 e. The molecule has 4 nitrogen and oxygen atoms in total. The number of aromatic nitrogens is 1. The summed E-state index contributed by atoms with van der Waals surface area (Å²) in [6.07, 6.45) is 1.22. The number of nitrogens with zero attached hydrogens (tertiary/aromatic N) is 3. The fraction of sp³-hybridized carbons (Fsp3) is 0.615. The molecule has 2 heterocycles. The highest BCUT2D eigenvalue weighted by atomic mass is 35.5. The van der Waals surface area contributed by atoms with Gasteiger partial charge in [-0.05, 0) is 32.6 Å². The molecular weight excluding hydrogens is 248 g/mol. The van der Waals surface area contributed by atoms with Crippen LogP contribution in [0.25, 0.3) is 0 Å². The average molecular weight is 269 g/mol. The minimum absolute atomic E-state index is 0.649. The van der Waals surface area contributed by atoms with Crippen molar-refractivity contribution in [2.24, 2.45) is 0 Å².